The number of hydrogen-bond acceptors (Lipinski definition) is 4. The van der Waals surface area contributed by atoms with E-state index >= 15 is 0 Å². The molecule has 1 aromatic carbocycles. The van der Waals surface area contributed by atoms with Gasteiger partial charge in [0.2, 0.25) is 0 Å². The van der Waals surface area contributed by atoms with Crippen LogP contribution in [0.3, 0.4) is 0 Å². The van der Waals surface area contributed by atoms with Crippen molar-refractivity contribution in [2.45, 2.75) is 13.1 Å². The predicted octanol–water partition coefficient (Wildman–Crippen LogP) is 3.44. The monoisotopic (exact) mass is 297 g/mol. The van der Waals surface area contributed by atoms with Gasteiger partial charge in [-0.15, -0.1) is 0 Å². The zero-order valence-electron chi connectivity index (χ0n) is 9.45. The second-order valence-corrected chi connectivity index (χ2v) is 3.73. The van der Waals surface area contributed by atoms with Gasteiger partial charge in [0.25, 0.3) is 5.69 Å². The number of rotatable bonds is 3. The number of nitro benzene ring substituents is 1. The summed E-state index contributed by atoms with van der Waals surface area (Å²) in [6, 6.07) is 0.801. The highest BCUT2D eigenvalue weighted by molar-refractivity contribution is 6.33. The number of carbonyl (C=O) groups is 1. The fourth-order valence-corrected chi connectivity index (χ4v) is 1.55. The third kappa shape index (κ3) is 3.34. The number of nitro groups is 1. The second kappa shape index (κ2) is 5.43. The summed E-state index contributed by atoms with van der Waals surface area (Å²) >= 11 is 5.47. The number of esters is 1. The normalized spacial score (nSPS) is 11.2. The molecule has 0 saturated carbocycles. The van der Waals surface area contributed by atoms with Crippen molar-refractivity contribution in [3.05, 3.63) is 38.4 Å². The molecule has 0 atom stereocenters. The molecule has 1 aromatic rings. The minimum Gasteiger partial charge on any atom is -0.462 e. The van der Waals surface area contributed by atoms with Gasteiger partial charge in [-0.25, -0.2) is 4.79 Å². The molecule has 0 N–H and O–H groups in total. The van der Waals surface area contributed by atoms with Crippen molar-refractivity contribution in [3.63, 3.8) is 0 Å². The lowest BCUT2D eigenvalue weighted by Crippen LogP contribution is -2.16. The van der Waals surface area contributed by atoms with Crippen LogP contribution in [-0.4, -0.2) is 17.5 Å². The highest BCUT2D eigenvalue weighted by atomic mass is 35.5. The fraction of sp³-hybridized carbons (Fsp3) is 0.300. The van der Waals surface area contributed by atoms with Crippen LogP contribution >= 0.6 is 11.6 Å². The highest BCUT2D eigenvalue weighted by Gasteiger charge is 2.38. The minimum absolute atomic E-state index is 0.134. The molecular weight excluding hydrogens is 291 g/mol. The average Bonchev–Trinajstić information content (AvgIpc) is 2.26. The molecule has 0 heterocycles. The van der Waals surface area contributed by atoms with E-state index in [0.29, 0.717) is 6.07 Å². The molecule has 0 aliphatic rings. The van der Waals surface area contributed by atoms with Crippen molar-refractivity contribution in [1.29, 1.82) is 0 Å². The van der Waals surface area contributed by atoms with Gasteiger partial charge in [-0.1, -0.05) is 11.6 Å². The standard InChI is InChI=1S/C10H7ClF3NO4/c1-2-19-9(16)5-3-7(11)8(15(17)18)4-6(5)10(12,13)14/h3-4H,2H2,1H3. The van der Waals surface area contributed by atoms with Crippen LogP contribution in [0.15, 0.2) is 12.1 Å². The molecule has 0 fully saturated rings. The zero-order valence-corrected chi connectivity index (χ0v) is 10.2. The van der Waals surface area contributed by atoms with Crippen LogP contribution in [0.4, 0.5) is 18.9 Å². The van der Waals surface area contributed by atoms with Crippen molar-refractivity contribution in [3.8, 4) is 0 Å². The average molecular weight is 298 g/mol. The maximum atomic E-state index is 12.8. The summed E-state index contributed by atoms with van der Waals surface area (Å²) in [5.41, 5.74) is -3.24. The summed E-state index contributed by atoms with van der Waals surface area (Å²) in [6.45, 7) is 1.28. The van der Waals surface area contributed by atoms with Gasteiger partial charge >= 0.3 is 12.1 Å². The van der Waals surface area contributed by atoms with Gasteiger partial charge < -0.3 is 4.74 Å². The fourth-order valence-electron chi connectivity index (χ4n) is 1.31. The van der Waals surface area contributed by atoms with Crippen LogP contribution in [0.5, 0.6) is 0 Å². The van der Waals surface area contributed by atoms with E-state index in [1.807, 2.05) is 0 Å². The Balaban J connectivity index is 3.50. The molecule has 1 rings (SSSR count). The molecule has 0 unspecified atom stereocenters. The Labute approximate surface area is 110 Å². The van der Waals surface area contributed by atoms with Crippen LogP contribution < -0.4 is 0 Å². The topological polar surface area (TPSA) is 69.4 Å². The maximum Gasteiger partial charge on any atom is 0.417 e. The molecule has 0 saturated heterocycles. The van der Waals surface area contributed by atoms with E-state index in [1.54, 1.807) is 0 Å². The van der Waals surface area contributed by atoms with E-state index in [-0.39, 0.29) is 12.7 Å². The first-order chi connectivity index (χ1) is 8.68. The lowest BCUT2D eigenvalue weighted by atomic mass is 10.1. The van der Waals surface area contributed by atoms with Crippen LogP contribution in [0.1, 0.15) is 22.8 Å². The first kappa shape index (κ1) is 15.2. The van der Waals surface area contributed by atoms with Crippen LogP contribution in [0, 0.1) is 10.1 Å². The Morgan fingerprint density at radius 3 is 2.47 bits per heavy atom. The van der Waals surface area contributed by atoms with E-state index in [2.05, 4.69) is 4.74 Å². The molecule has 0 aliphatic carbocycles. The van der Waals surface area contributed by atoms with Gasteiger partial charge in [0, 0.05) is 6.07 Å². The molecule has 0 radical (unpaired) electrons. The van der Waals surface area contributed by atoms with Crippen LogP contribution in [0.25, 0.3) is 0 Å². The molecule has 0 aromatic heterocycles. The third-order valence-corrected chi connectivity index (χ3v) is 2.39. The van der Waals surface area contributed by atoms with E-state index < -0.39 is 38.9 Å². The maximum absolute atomic E-state index is 12.8. The lowest BCUT2D eigenvalue weighted by Gasteiger charge is -2.12. The molecule has 9 heteroatoms. The molecule has 0 aliphatic heterocycles. The van der Waals surface area contributed by atoms with Gasteiger partial charge in [-0.2, -0.15) is 13.2 Å². The van der Waals surface area contributed by atoms with Crippen molar-refractivity contribution in [2.75, 3.05) is 6.61 Å². The third-order valence-electron chi connectivity index (χ3n) is 2.08. The van der Waals surface area contributed by atoms with E-state index in [4.69, 9.17) is 11.6 Å². The Hall–Kier alpha value is -1.83. The number of benzene rings is 1. The Kier molecular flexibility index (Phi) is 4.35. The van der Waals surface area contributed by atoms with Crippen LogP contribution in [-0.2, 0) is 10.9 Å². The van der Waals surface area contributed by atoms with Crippen LogP contribution in [0.2, 0.25) is 5.02 Å². The van der Waals surface area contributed by atoms with Crippen molar-refractivity contribution < 1.29 is 27.6 Å². The number of halogens is 4. The molecule has 19 heavy (non-hydrogen) atoms. The largest absolute Gasteiger partial charge is 0.462 e. The molecule has 5 nitrogen and oxygen atoms in total. The van der Waals surface area contributed by atoms with Crippen molar-refractivity contribution in [1.82, 2.24) is 0 Å². The zero-order chi connectivity index (χ0) is 14.8. The first-order valence-electron chi connectivity index (χ1n) is 4.90. The molecule has 0 bridgehead atoms. The summed E-state index contributed by atoms with van der Waals surface area (Å²) < 4.78 is 42.7. The SMILES string of the molecule is CCOC(=O)c1cc(Cl)c([N+](=O)[O-])cc1C(F)(F)F. The summed E-state index contributed by atoms with van der Waals surface area (Å²) in [4.78, 5) is 20.9. The number of alkyl halides is 3. The predicted molar refractivity (Wildman–Crippen MR) is 59.1 cm³/mol. The summed E-state index contributed by atoms with van der Waals surface area (Å²) in [5.74, 6) is -1.24. The molecule has 0 spiro atoms. The van der Waals surface area contributed by atoms with Crippen molar-refractivity contribution in [2.24, 2.45) is 0 Å². The number of nitrogens with zero attached hydrogens (tertiary/aromatic N) is 1. The van der Waals surface area contributed by atoms with Gasteiger partial charge in [-0.05, 0) is 13.0 Å². The summed E-state index contributed by atoms with van der Waals surface area (Å²) in [7, 11) is 0. The van der Waals surface area contributed by atoms with E-state index in [1.165, 1.54) is 6.92 Å². The lowest BCUT2D eigenvalue weighted by molar-refractivity contribution is -0.385. The molecule has 0 amide bonds. The van der Waals surface area contributed by atoms with Gasteiger partial charge in [0.15, 0.2) is 0 Å². The number of carbonyl (C=O) groups excluding carboxylic acids is 1. The second-order valence-electron chi connectivity index (χ2n) is 3.32. The summed E-state index contributed by atoms with van der Waals surface area (Å²) in [5, 5.41) is 9.98. The van der Waals surface area contributed by atoms with Gasteiger partial charge in [-0.3, -0.25) is 10.1 Å². The Morgan fingerprint density at radius 2 is 2.05 bits per heavy atom. The van der Waals surface area contributed by atoms with Gasteiger partial charge in [0.05, 0.1) is 22.7 Å². The highest BCUT2D eigenvalue weighted by Crippen LogP contribution is 2.38. The van der Waals surface area contributed by atoms with E-state index in [9.17, 15) is 28.1 Å². The van der Waals surface area contributed by atoms with Crippen molar-refractivity contribution >= 4 is 23.3 Å². The smallest absolute Gasteiger partial charge is 0.417 e. The minimum atomic E-state index is -4.93. The first-order valence-corrected chi connectivity index (χ1v) is 5.28. The quantitative estimate of drug-likeness (QED) is 0.487. The Bertz CT molecular complexity index is 530. The Morgan fingerprint density at radius 1 is 1.47 bits per heavy atom. The number of ether oxygens (including phenoxy) is 1. The van der Waals surface area contributed by atoms with Gasteiger partial charge in [0.1, 0.15) is 5.02 Å². The molecule has 104 valence electrons. The summed E-state index contributed by atoms with van der Waals surface area (Å²) in [6.07, 6.45) is -4.93. The molecular formula is C10H7ClF3NO4. The van der Waals surface area contributed by atoms with E-state index in [0.717, 1.165) is 0 Å². The number of hydrogen-bond donors (Lipinski definition) is 0.